The number of aryl methyl sites for hydroxylation is 1. The van der Waals surface area contributed by atoms with Crippen LogP contribution in [0.1, 0.15) is 15.9 Å². The normalized spacial score (nSPS) is 10.2. The minimum absolute atomic E-state index is 0.123. The number of anilines is 1. The van der Waals surface area contributed by atoms with Crippen molar-refractivity contribution in [2.75, 3.05) is 5.32 Å². The van der Waals surface area contributed by atoms with Crippen LogP contribution in [-0.4, -0.2) is 10.8 Å². The van der Waals surface area contributed by atoms with Gasteiger partial charge in [-0.3, -0.25) is 14.9 Å². The summed E-state index contributed by atoms with van der Waals surface area (Å²) in [4.78, 5) is 22.4. The molecular weight excluding hydrogens is 343 g/mol. The van der Waals surface area contributed by atoms with Crippen molar-refractivity contribution < 1.29 is 14.1 Å². The van der Waals surface area contributed by atoms with Crippen molar-refractivity contribution in [3.8, 4) is 0 Å². The molecule has 7 heteroatoms. The van der Waals surface area contributed by atoms with E-state index in [1.54, 1.807) is 6.92 Å². The van der Waals surface area contributed by atoms with Crippen LogP contribution in [0.4, 0.5) is 15.8 Å². The second-order valence-corrected chi connectivity index (χ2v) is 5.16. The molecule has 108 valence electrons. The molecule has 2 aromatic carbocycles. The summed E-state index contributed by atoms with van der Waals surface area (Å²) >= 11 is 3.22. The number of nitrogens with zero attached hydrogens (tertiary/aromatic N) is 1. The predicted octanol–water partition coefficient (Wildman–Crippen LogP) is 4.06. The van der Waals surface area contributed by atoms with Crippen LogP contribution in [0.5, 0.6) is 0 Å². The molecule has 1 amide bonds. The van der Waals surface area contributed by atoms with E-state index in [0.717, 1.165) is 0 Å². The lowest BCUT2D eigenvalue weighted by molar-refractivity contribution is -0.385. The van der Waals surface area contributed by atoms with Crippen LogP contribution >= 0.6 is 15.9 Å². The molecule has 0 atom stereocenters. The van der Waals surface area contributed by atoms with Gasteiger partial charge < -0.3 is 5.32 Å². The molecule has 0 aliphatic carbocycles. The Morgan fingerprint density at radius 2 is 2.00 bits per heavy atom. The van der Waals surface area contributed by atoms with Crippen molar-refractivity contribution in [2.24, 2.45) is 0 Å². The second-order valence-electron chi connectivity index (χ2n) is 4.31. The lowest BCUT2D eigenvalue weighted by atomic mass is 10.1. The standard InChI is InChI=1S/C14H10BrFN2O3/c1-8-6-10(15)12(7-13(8)18(20)21)17-14(19)9-4-2-3-5-11(9)16/h2-7H,1H3,(H,17,19). The lowest BCUT2D eigenvalue weighted by Gasteiger charge is -2.09. The van der Waals surface area contributed by atoms with Gasteiger partial charge in [0.25, 0.3) is 11.6 Å². The molecule has 0 heterocycles. The van der Waals surface area contributed by atoms with E-state index >= 15 is 0 Å². The van der Waals surface area contributed by atoms with Crippen LogP contribution in [-0.2, 0) is 0 Å². The van der Waals surface area contributed by atoms with Gasteiger partial charge in [0.15, 0.2) is 0 Å². The van der Waals surface area contributed by atoms with Crippen LogP contribution in [0, 0.1) is 22.9 Å². The minimum Gasteiger partial charge on any atom is -0.321 e. The van der Waals surface area contributed by atoms with E-state index in [0.29, 0.717) is 10.0 Å². The molecule has 5 nitrogen and oxygen atoms in total. The van der Waals surface area contributed by atoms with E-state index in [9.17, 15) is 19.3 Å². The Labute approximate surface area is 128 Å². The number of amides is 1. The van der Waals surface area contributed by atoms with E-state index in [2.05, 4.69) is 21.2 Å². The maximum absolute atomic E-state index is 13.5. The van der Waals surface area contributed by atoms with Crippen LogP contribution in [0.15, 0.2) is 40.9 Å². The Hall–Kier alpha value is -2.28. The van der Waals surface area contributed by atoms with Crippen LogP contribution in [0.2, 0.25) is 0 Å². The van der Waals surface area contributed by atoms with Crippen molar-refractivity contribution in [2.45, 2.75) is 6.92 Å². The highest BCUT2D eigenvalue weighted by Crippen LogP contribution is 2.31. The van der Waals surface area contributed by atoms with E-state index in [1.165, 1.54) is 36.4 Å². The van der Waals surface area contributed by atoms with Gasteiger partial charge in [-0.1, -0.05) is 12.1 Å². The number of nitrogens with one attached hydrogen (secondary N) is 1. The number of benzene rings is 2. The number of rotatable bonds is 3. The zero-order chi connectivity index (χ0) is 15.6. The SMILES string of the molecule is Cc1cc(Br)c(NC(=O)c2ccccc2F)cc1[N+](=O)[O-]. The van der Waals surface area contributed by atoms with Gasteiger partial charge in [0.1, 0.15) is 5.82 Å². The van der Waals surface area contributed by atoms with E-state index in [1.807, 2.05) is 0 Å². The maximum Gasteiger partial charge on any atom is 0.274 e. The molecule has 0 saturated carbocycles. The molecule has 2 aromatic rings. The molecule has 0 fully saturated rings. The highest BCUT2D eigenvalue weighted by atomic mass is 79.9. The van der Waals surface area contributed by atoms with E-state index < -0.39 is 16.6 Å². The zero-order valence-electron chi connectivity index (χ0n) is 10.9. The van der Waals surface area contributed by atoms with Gasteiger partial charge in [-0.25, -0.2) is 4.39 Å². The first-order chi connectivity index (χ1) is 9.90. The fraction of sp³-hybridized carbons (Fsp3) is 0.0714. The van der Waals surface area contributed by atoms with Crippen molar-refractivity contribution in [3.63, 3.8) is 0 Å². The third-order valence-electron chi connectivity index (χ3n) is 2.85. The maximum atomic E-state index is 13.5. The first kappa shape index (κ1) is 15.1. The Bertz CT molecular complexity index is 734. The van der Waals surface area contributed by atoms with Crippen molar-refractivity contribution in [1.29, 1.82) is 0 Å². The molecule has 0 unspecified atom stereocenters. The smallest absolute Gasteiger partial charge is 0.274 e. The van der Waals surface area contributed by atoms with Gasteiger partial charge in [-0.05, 0) is 41.1 Å². The molecule has 21 heavy (non-hydrogen) atoms. The van der Waals surface area contributed by atoms with Crippen LogP contribution < -0.4 is 5.32 Å². The lowest BCUT2D eigenvalue weighted by Crippen LogP contribution is -2.14. The first-order valence-corrected chi connectivity index (χ1v) is 6.70. The third kappa shape index (κ3) is 3.25. The van der Waals surface area contributed by atoms with Gasteiger partial charge in [0, 0.05) is 16.1 Å². The van der Waals surface area contributed by atoms with Gasteiger partial charge in [0.2, 0.25) is 0 Å². The quantitative estimate of drug-likeness (QED) is 0.668. The summed E-state index contributed by atoms with van der Waals surface area (Å²) in [7, 11) is 0. The number of nitro benzene ring substituents is 1. The monoisotopic (exact) mass is 352 g/mol. The molecular formula is C14H10BrFN2O3. The summed E-state index contributed by atoms with van der Waals surface area (Å²) in [6.45, 7) is 1.59. The van der Waals surface area contributed by atoms with Crippen LogP contribution in [0.25, 0.3) is 0 Å². The van der Waals surface area contributed by atoms with Gasteiger partial charge in [-0.2, -0.15) is 0 Å². The number of halogens is 2. The molecule has 0 bridgehead atoms. The van der Waals surface area contributed by atoms with Crippen molar-refractivity contribution >= 4 is 33.2 Å². The largest absolute Gasteiger partial charge is 0.321 e. The fourth-order valence-corrected chi connectivity index (χ4v) is 2.35. The Kier molecular flexibility index (Phi) is 4.32. The summed E-state index contributed by atoms with van der Waals surface area (Å²) in [6.07, 6.45) is 0. The molecule has 0 aromatic heterocycles. The second kappa shape index (κ2) is 6.01. The average molecular weight is 353 g/mol. The number of hydrogen-bond donors (Lipinski definition) is 1. The number of carbonyl (C=O) groups is 1. The van der Waals surface area contributed by atoms with Gasteiger partial charge >= 0.3 is 0 Å². The summed E-state index contributed by atoms with van der Waals surface area (Å²) in [5.41, 5.74) is 0.408. The minimum atomic E-state index is -0.674. The molecule has 0 aliphatic rings. The Balaban J connectivity index is 2.36. The predicted molar refractivity (Wildman–Crippen MR) is 79.9 cm³/mol. The molecule has 0 spiro atoms. The first-order valence-electron chi connectivity index (χ1n) is 5.90. The molecule has 2 rings (SSSR count). The number of nitro groups is 1. The molecule has 0 radical (unpaired) electrons. The van der Waals surface area contributed by atoms with Crippen molar-refractivity contribution in [3.05, 3.63) is 67.9 Å². The van der Waals surface area contributed by atoms with Gasteiger partial charge in [0.05, 0.1) is 16.2 Å². The third-order valence-corrected chi connectivity index (χ3v) is 3.51. The highest BCUT2D eigenvalue weighted by molar-refractivity contribution is 9.10. The van der Waals surface area contributed by atoms with Crippen LogP contribution in [0.3, 0.4) is 0 Å². The topological polar surface area (TPSA) is 72.2 Å². The number of carbonyl (C=O) groups excluding carboxylic acids is 1. The molecule has 0 saturated heterocycles. The Morgan fingerprint density at radius 1 is 1.33 bits per heavy atom. The molecule has 0 aliphatic heterocycles. The van der Waals surface area contributed by atoms with E-state index in [4.69, 9.17) is 0 Å². The number of hydrogen-bond acceptors (Lipinski definition) is 3. The Morgan fingerprint density at radius 3 is 2.62 bits per heavy atom. The summed E-state index contributed by atoms with van der Waals surface area (Å²) in [6, 6.07) is 8.26. The summed E-state index contributed by atoms with van der Waals surface area (Å²) < 4.78 is 14.0. The van der Waals surface area contributed by atoms with Gasteiger partial charge in [-0.15, -0.1) is 0 Å². The summed E-state index contributed by atoms with van der Waals surface area (Å²) in [5, 5.41) is 13.4. The zero-order valence-corrected chi connectivity index (χ0v) is 12.5. The van der Waals surface area contributed by atoms with E-state index in [-0.39, 0.29) is 16.9 Å². The fourth-order valence-electron chi connectivity index (χ4n) is 1.79. The average Bonchev–Trinajstić information content (AvgIpc) is 2.41. The highest BCUT2D eigenvalue weighted by Gasteiger charge is 2.17. The molecule has 1 N–H and O–H groups in total. The summed E-state index contributed by atoms with van der Waals surface area (Å²) in [5.74, 6) is -1.33. The van der Waals surface area contributed by atoms with Crippen molar-refractivity contribution in [1.82, 2.24) is 0 Å².